The Morgan fingerprint density at radius 3 is 2.38 bits per heavy atom. The number of nitrogens with one attached hydrogen (secondary N) is 1. The zero-order valence-corrected chi connectivity index (χ0v) is 13.2. The Labute approximate surface area is 127 Å². The second-order valence-electron chi connectivity index (χ2n) is 6.34. The largest absolute Gasteiger partial charge is 0.389 e. The van der Waals surface area contributed by atoms with Crippen molar-refractivity contribution in [3.05, 3.63) is 29.8 Å². The van der Waals surface area contributed by atoms with E-state index in [-0.39, 0.29) is 6.03 Å². The van der Waals surface area contributed by atoms with E-state index < -0.39 is 6.10 Å². The van der Waals surface area contributed by atoms with Gasteiger partial charge < -0.3 is 15.3 Å². The smallest absolute Gasteiger partial charge is 0.322 e. The standard InChI is InChI=1S/C17H26N2O2/c1-12(2)10-11-19(16-8-9-16)17(21)18-15-6-4-14(5-7-15)13(3)20/h4-7,12-13,16,20H,8-11H2,1-3H3,(H,18,21). The van der Waals surface area contributed by atoms with Crippen LogP contribution in [-0.2, 0) is 0 Å². The van der Waals surface area contributed by atoms with Gasteiger partial charge in [-0.1, -0.05) is 26.0 Å². The third-order valence-corrected chi connectivity index (χ3v) is 3.84. The molecule has 0 saturated heterocycles. The minimum atomic E-state index is -0.483. The molecule has 1 atom stereocenters. The first-order chi connectivity index (χ1) is 9.97. The highest BCUT2D eigenvalue weighted by atomic mass is 16.3. The van der Waals surface area contributed by atoms with Crippen molar-refractivity contribution in [2.24, 2.45) is 5.92 Å². The van der Waals surface area contributed by atoms with Gasteiger partial charge in [0.15, 0.2) is 0 Å². The first-order valence-electron chi connectivity index (χ1n) is 7.83. The van der Waals surface area contributed by atoms with E-state index in [9.17, 15) is 9.90 Å². The predicted octanol–water partition coefficient (Wildman–Crippen LogP) is 3.78. The van der Waals surface area contributed by atoms with E-state index in [2.05, 4.69) is 19.2 Å². The van der Waals surface area contributed by atoms with Gasteiger partial charge in [0, 0.05) is 18.3 Å². The van der Waals surface area contributed by atoms with Gasteiger partial charge in [0.1, 0.15) is 0 Å². The summed E-state index contributed by atoms with van der Waals surface area (Å²) in [5.74, 6) is 0.601. The summed E-state index contributed by atoms with van der Waals surface area (Å²) in [6.45, 7) is 6.91. The second-order valence-corrected chi connectivity index (χ2v) is 6.34. The normalized spacial score (nSPS) is 15.9. The molecule has 0 heterocycles. The molecule has 1 saturated carbocycles. The lowest BCUT2D eigenvalue weighted by molar-refractivity contribution is 0.199. The summed E-state index contributed by atoms with van der Waals surface area (Å²) < 4.78 is 0. The summed E-state index contributed by atoms with van der Waals surface area (Å²) in [6.07, 6.45) is 2.79. The SMILES string of the molecule is CC(C)CCN(C(=O)Nc1ccc(C(C)O)cc1)C1CC1. The van der Waals surface area contributed by atoms with E-state index >= 15 is 0 Å². The topological polar surface area (TPSA) is 52.6 Å². The average molecular weight is 290 g/mol. The Morgan fingerprint density at radius 2 is 1.90 bits per heavy atom. The highest BCUT2D eigenvalue weighted by Gasteiger charge is 2.32. The highest BCUT2D eigenvalue weighted by Crippen LogP contribution is 2.28. The first kappa shape index (κ1) is 15.8. The number of rotatable bonds is 6. The van der Waals surface area contributed by atoms with Crippen molar-refractivity contribution >= 4 is 11.7 Å². The fourth-order valence-corrected chi connectivity index (χ4v) is 2.27. The summed E-state index contributed by atoms with van der Waals surface area (Å²) in [5.41, 5.74) is 1.63. The minimum absolute atomic E-state index is 0.0112. The summed E-state index contributed by atoms with van der Waals surface area (Å²) >= 11 is 0. The Hall–Kier alpha value is -1.55. The van der Waals surface area contributed by atoms with Crippen LogP contribution >= 0.6 is 0 Å². The zero-order chi connectivity index (χ0) is 15.4. The van der Waals surface area contributed by atoms with Crippen molar-refractivity contribution in [3.8, 4) is 0 Å². The molecule has 4 heteroatoms. The molecule has 1 unspecified atom stereocenters. The summed E-state index contributed by atoms with van der Waals surface area (Å²) in [5, 5.41) is 12.5. The van der Waals surface area contributed by atoms with Crippen molar-refractivity contribution in [3.63, 3.8) is 0 Å². The van der Waals surface area contributed by atoms with E-state index in [0.717, 1.165) is 37.1 Å². The number of hydrogen-bond acceptors (Lipinski definition) is 2. The van der Waals surface area contributed by atoms with Crippen molar-refractivity contribution in [2.45, 2.75) is 52.2 Å². The van der Waals surface area contributed by atoms with Crippen LogP contribution in [0.2, 0.25) is 0 Å². The van der Waals surface area contributed by atoms with Crippen LogP contribution in [0, 0.1) is 5.92 Å². The summed E-state index contributed by atoms with van der Waals surface area (Å²) in [4.78, 5) is 14.4. The second kappa shape index (κ2) is 6.94. The quantitative estimate of drug-likeness (QED) is 0.837. The van der Waals surface area contributed by atoms with Crippen LogP contribution < -0.4 is 5.32 Å². The van der Waals surface area contributed by atoms with E-state index in [4.69, 9.17) is 0 Å². The van der Waals surface area contributed by atoms with Crippen molar-refractivity contribution < 1.29 is 9.90 Å². The molecule has 0 aromatic heterocycles. The van der Waals surface area contributed by atoms with Crippen LogP contribution in [-0.4, -0.2) is 28.6 Å². The van der Waals surface area contributed by atoms with Crippen LogP contribution in [0.3, 0.4) is 0 Å². The van der Waals surface area contributed by atoms with Gasteiger partial charge >= 0.3 is 6.03 Å². The first-order valence-corrected chi connectivity index (χ1v) is 7.83. The molecule has 0 spiro atoms. The molecule has 1 fully saturated rings. The molecule has 2 rings (SSSR count). The maximum Gasteiger partial charge on any atom is 0.322 e. The van der Waals surface area contributed by atoms with Gasteiger partial charge in [-0.3, -0.25) is 0 Å². The Kier molecular flexibility index (Phi) is 5.23. The van der Waals surface area contributed by atoms with Crippen LogP contribution in [0.1, 0.15) is 51.7 Å². The maximum atomic E-state index is 12.4. The van der Waals surface area contributed by atoms with E-state index in [1.165, 1.54) is 0 Å². The molecule has 0 radical (unpaired) electrons. The van der Waals surface area contributed by atoms with Gasteiger partial charge in [-0.15, -0.1) is 0 Å². The van der Waals surface area contributed by atoms with Crippen molar-refractivity contribution in [1.29, 1.82) is 0 Å². The van der Waals surface area contributed by atoms with E-state index in [1.54, 1.807) is 6.92 Å². The van der Waals surface area contributed by atoms with Gasteiger partial charge in [-0.2, -0.15) is 0 Å². The lowest BCUT2D eigenvalue weighted by Crippen LogP contribution is -2.37. The lowest BCUT2D eigenvalue weighted by Gasteiger charge is -2.23. The number of benzene rings is 1. The Bertz CT molecular complexity index is 464. The van der Waals surface area contributed by atoms with Gasteiger partial charge in [0.05, 0.1) is 6.10 Å². The molecule has 2 amide bonds. The number of urea groups is 1. The average Bonchev–Trinajstić information content (AvgIpc) is 3.23. The van der Waals surface area contributed by atoms with Crippen molar-refractivity contribution in [2.75, 3.05) is 11.9 Å². The van der Waals surface area contributed by atoms with Gasteiger partial charge in [0.25, 0.3) is 0 Å². The molecular weight excluding hydrogens is 264 g/mol. The molecule has 2 N–H and O–H groups in total. The summed E-state index contributed by atoms with van der Waals surface area (Å²) in [7, 11) is 0. The number of aliphatic hydroxyl groups excluding tert-OH is 1. The van der Waals surface area contributed by atoms with Gasteiger partial charge in [-0.05, 0) is 49.8 Å². The third-order valence-electron chi connectivity index (χ3n) is 3.84. The van der Waals surface area contributed by atoms with E-state index in [1.807, 2.05) is 29.2 Å². The van der Waals surface area contributed by atoms with Crippen molar-refractivity contribution in [1.82, 2.24) is 4.90 Å². The fraction of sp³-hybridized carbons (Fsp3) is 0.588. The lowest BCUT2D eigenvalue weighted by atomic mass is 10.1. The molecule has 0 bridgehead atoms. The molecule has 1 aromatic rings. The predicted molar refractivity (Wildman–Crippen MR) is 85.3 cm³/mol. The van der Waals surface area contributed by atoms with Gasteiger partial charge in [0.2, 0.25) is 0 Å². The zero-order valence-electron chi connectivity index (χ0n) is 13.2. The Balaban J connectivity index is 1.94. The Morgan fingerprint density at radius 1 is 1.29 bits per heavy atom. The number of aliphatic hydroxyl groups is 1. The monoisotopic (exact) mass is 290 g/mol. The van der Waals surface area contributed by atoms with Crippen LogP contribution in [0.15, 0.2) is 24.3 Å². The minimum Gasteiger partial charge on any atom is -0.389 e. The fourth-order valence-electron chi connectivity index (χ4n) is 2.27. The van der Waals surface area contributed by atoms with Crippen LogP contribution in [0.5, 0.6) is 0 Å². The van der Waals surface area contributed by atoms with E-state index in [0.29, 0.717) is 12.0 Å². The molecule has 1 aromatic carbocycles. The molecule has 1 aliphatic carbocycles. The maximum absolute atomic E-state index is 12.4. The molecule has 116 valence electrons. The number of carbonyl (C=O) groups excluding carboxylic acids is 1. The van der Waals surface area contributed by atoms with Gasteiger partial charge in [-0.25, -0.2) is 4.79 Å². The van der Waals surface area contributed by atoms with Crippen LogP contribution in [0.4, 0.5) is 10.5 Å². The van der Waals surface area contributed by atoms with Crippen LogP contribution in [0.25, 0.3) is 0 Å². The summed E-state index contributed by atoms with van der Waals surface area (Å²) in [6, 6.07) is 7.77. The molecule has 1 aliphatic rings. The number of hydrogen-bond donors (Lipinski definition) is 2. The molecular formula is C17H26N2O2. The number of carbonyl (C=O) groups is 1. The number of nitrogens with zero attached hydrogens (tertiary/aromatic N) is 1. The third kappa shape index (κ3) is 4.74. The number of amides is 2. The molecule has 21 heavy (non-hydrogen) atoms. The number of anilines is 1. The molecule has 4 nitrogen and oxygen atoms in total. The molecule has 0 aliphatic heterocycles. The highest BCUT2D eigenvalue weighted by molar-refractivity contribution is 5.89.